The number of carbonyl (C=O) groups is 3. The lowest BCUT2D eigenvalue weighted by Gasteiger charge is -2.25. The standard InChI is InChI=1S/C27H41F2NO3S/c1-7-10-18(4)13-25(31)30(26(32)14-19(5)11-8-2)23-17-24(22(29)16-21(23)28)34-27(33)15-20(6)12-9-3/h16-20H,7-15H2,1-6H3. The van der Waals surface area contributed by atoms with E-state index in [1.165, 1.54) is 0 Å². The molecule has 3 unspecified atom stereocenters. The van der Waals surface area contributed by atoms with E-state index in [0.717, 1.165) is 49.5 Å². The van der Waals surface area contributed by atoms with Gasteiger partial charge in [-0.2, -0.15) is 0 Å². The minimum Gasteiger partial charge on any atom is -0.287 e. The second-order valence-corrected chi connectivity index (χ2v) is 10.7. The van der Waals surface area contributed by atoms with Crippen molar-refractivity contribution in [1.29, 1.82) is 0 Å². The van der Waals surface area contributed by atoms with Crippen molar-refractivity contribution < 1.29 is 23.2 Å². The minimum atomic E-state index is -0.985. The maximum atomic E-state index is 14.9. The first-order chi connectivity index (χ1) is 16.0. The van der Waals surface area contributed by atoms with Gasteiger partial charge in [-0.3, -0.25) is 14.4 Å². The highest BCUT2D eigenvalue weighted by Crippen LogP contribution is 2.33. The lowest BCUT2D eigenvalue weighted by atomic mass is 9.99. The number of nitrogens with zero attached hydrogens (tertiary/aromatic N) is 1. The molecule has 34 heavy (non-hydrogen) atoms. The third kappa shape index (κ3) is 9.85. The molecule has 0 saturated heterocycles. The fourth-order valence-corrected chi connectivity index (χ4v) is 5.13. The summed E-state index contributed by atoms with van der Waals surface area (Å²) in [4.78, 5) is 39.6. The van der Waals surface area contributed by atoms with Gasteiger partial charge in [0.15, 0.2) is 5.12 Å². The predicted molar refractivity (Wildman–Crippen MR) is 136 cm³/mol. The highest BCUT2D eigenvalue weighted by atomic mass is 32.2. The number of benzene rings is 1. The number of imide groups is 1. The van der Waals surface area contributed by atoms with Crippen LogP contribution in [0.15, 0.2) is 17.0 Å². The van der Waals surface area contributed by atoms with Gasteiger partial charge in [0.05, 0.1) is 10.6 Å². The number of rotatable bonds is 14. The smallest absolute Gasteiger partial charge is 0.234 e. The van der Waals surface area contributed by atoms with E-state index in [-0.39, 0.29) is 52.7 Å². The Kier molecular flexibility index (Phi) is 13.6. The molecule has 0 aliphatic carbocycles. The van der Waals surface area contributed by atoms with Crippen LogP contribution < -0.4 is 4.90 Å². The Morgan fingerprint density at radius 2 is 1.21 bits per heavy atom. The number of hydrogen-bond acceptors (Lipinski definition) is 4. The maximum Gasteiger partial charge on any atom is 0.234 e. The van der Waals surface area contributed by atoms with Crippen molar-refractivity contribution in [3.8, 4) is 0 Å². The van der Waals surface area contributed by atoms with Crippen LogP contribution in [0.3, 0.4) is 0 Å². The summed E-state index contributed by atoms with van der Waals surface area (Å²) in [7, 11) is 0. The number of thioether (sulfide) groups is 1. The van der Waals surface area contributed by atoms with E-state index in [2.05, 4.69) is 0 Å². The summed E-state index contributed by atoms with van der Waals surface area (Å²) in [6.07, 6.45) is 5.67. The van der Waals surface area contributed by atoms with Gasteiger partial charge in [0.1, 0.15) is 11.6 Å². The van der Waals surface area contributed by atoms with Gasteiger partial charge in [-0.15, -0.1) is 0 Å². The minimum absolute atomic E-state index is 0.0276. The Morgan fingerprint density at radius 1 is 0.765 bits per heavy atom. The summed E-state index contributed by atoms with van der Waals surface area (Å²) in [5.41, 5.74) is -0.277. The van der Waals surface area contributed by atoms with Gasteiger partial charge < -0.3 is 0 Å². The molecule has 0 heterocycles. The van der Waals surface area contributed by atoms with Crippen molar-refractivity contribution in [3.05, 3.63) is 23.8 Å². The van der Waals surface area contributed by atoms with E-state index >= 15 is 0 Å². The van der Waals surface area contributed by atoms with Gasteiger partial charge in [-0.1, -0.05) is 80.1 Å². The molecule has 0 aliphatic rings. The topological polar surface area (TPSA) is 54.5 Å². The third-order valence-corrected chi connectivity index (χ3v) is 6.80. The molecule has 2 amide bonds. The Balaban J connectivity index is 3.30. The molecular weight excluding hydrogens is 456 g/mol. The molecule has 1 rings (SSSR count). The maximum absolute atomic E-state index is 14.9. The van der Waals surface area contributed by atoms with Crippen LogP contribution in [0.2, 0.25) is 0 Å². The molecular formula is C27H41F2NO3S. The van der Waals surface area contributed by atoms with E-state index in [1.54, 1.807) is 0 Å². The van der Waals surface area contributed by atoms with Gasteiger partial charge in [-0.05, 0) is 35.6 Å². The molecule has 0 aliphatic heterocycles. The Morgan fingerprint density at radius 3 is 1.65 bits per heavy atom. The first kappa shape index (κ1) is 30.3. The average Bonchev–Trinajstić information content (AvgIpc) is 2.71. The van der Waals surface area contributed by atoms with Crippen LogP contribution >= 0.6 is 11.8 Å². The van der Waals surface area contributed by atoms with E-state index in [9.17, 15) is 23.2 Å². The Hall–Kier alpha value is -1.76. The largest absolute Gasteiger partial charge is 0.287 e. The second-order valence-electron chi connectivity index (χ2n) is 9.62. The van der Waals surface area contributed by atoms with Crippen molar-refractivity contribution in [2.75, 3.05) is 4.90 Å². The zero-order chi connectivity index (χ0) is 25.8. The zero-order valence-corrected chi connectivity index (χ0v) is 22.4. The van der Waals surface area contributed by atoms with E-state index in [0.29, 0.717) is 17.8 Å². The van der Waals surface area contributed by atoms with Crippen LogP contribution in [0.25, 0.3) is 0 Å². The Bertz CT molecular complexity index is 804. The number of hydrogen-bond donors (Lipinski definition) is 0. The summed E-state index contributed by atoms with van der Waals surface area (Å²) in [5.74, 6) is -2.65. The quantitative estimate of drug-likeness (QED) is 0.245. The van der Waals surface area contributed by atoms with Gasteiger partial charge in [0, 0.05) is 25.3 Å². The van der Waals surface area contributed by atoms with Crippen LogP contribution in [0.4, 0.5) is 14.5 Å². The van der Waals surface area contributed by atoms with Gasteiger partial charge in [0.25, 0.3) is 0 Å². The molecule has 1 aromatic rings. The van der Waals surface area contributed by atoms with E-state index in [4.69, 9.17) is 0 Å². The molecule has 0 N–H and O–H groups in total. The molecule has 0 bridgehead atoms. The van der Waals surface area contributed by atoms with Crippen molar-refractivity contribution in [1.82, 2.24) is 0 Å². The van der Waals surface area contributed by atoms with Crippen molar-refractivity contribution >= 4 is 34.4 Å². The molecule has 7 heteroatoms. The SMILES string of the molecule is CCCC(C)CC(=O)Sc1cc(N(C(=O)CC(C)CCC)C(=O)CC(C)CCC)c(F)cc1F. The fraction of sp³-hybridized carbons (Fsp3) is 0.667. The van der Waals surface area contributed by atoms with Gasteiger partial charge in [0.2, 0.25) is 11.8 Å². The molecule has 0 aromatic heterocycles. The summed E-state index contributed by atoms with van der Waals surface area (Å²) in [5, 5.41) is -0.227. The zero-order valence-electron chi connectivity index (χ0n) is 21.6. The van der Waals surface area contributed by atoms with E-state index in [1.807, 2.05) is 41.5 Å². The summed E-state index contributed by atoms with van der Waals surface area (Å²) < 4.78 is 29.5. The number of amides is 2. The van der Waals surface area contributed by atoms with Crippen molar-refractivity contribution in [2.45, 2.75) is 104 Å². The molecule has 3 atom stereocenters. The molecule has 0 fully saturated rings. The second kappa shape index (κ2) is 15.3. The van der Waals surface area contributed by atoms with Crippen LogP contribution in [0.5, 0.6) is 0 Å². The van der Waals surface area contributed by atoms with Crippen molar-refractivity contribution in [2.24, 2.45) is 17.8 Å². The third-order valence-electron chi connectivity index (χ3n) is 5.87. The first-order valence-corrected chi connectivity index (χ1v) is 13.4. The summed E-state index contributed by atoms with van der Waals surface area (Å²) >= 11 is 0.702. The van der Waals surface area contributed by atoms with Gasteiger partial charge in [-0.25, -0.2) is 13.7 Å². The lowest BCUT2D eigenvalue weighted by Crippen LogP contribution is -2.39. The van der Waals surface area contributed by atoms with E-state index < -0.39 is 23.4 Å². The summed E-state index contributed by atoms with van der Waals surface area (Å²) in [6, 6.07) is 1.81. The Labute approximate surface area is 208 Å². The lowest BCUT2D eigenvalue weighted by molar-refractivity contribution is -0.127. The van der Waals surface area contributed by atoms with Crippen LogP contribution in [0, 0.1) is 29.4 Å². The van der Waals surface area contributed by atoms with Crippen LogP contribution in [-0.4, -0.2) is 16.9 Å². The average molecular weight is 498 g/mol. The molecule has 1 aromatic carbocycles. The number of carbonyl (C=O) groups excluding carboxylic acids is 3. The molecule has 0 radical (unpaired) electrons. The monoisotopic (exact) mass is 497 g/mol. The molecule has 0 saturated carbocycles. The highest BCUT2D eigenvalue weighted by Gasteiger charge is 2.29. The molecule has 192 valence electrons. The fourth-order valence-electron chi connectivity index (χ4n) is 4.19. The summed E-state index contributed by atoms with van der Waals surface area (Å²) in [6.45, 7) is 11.9. The van der Waals surface area contributed by atoms with Crippen LogP contribution in [-0.2, 0) is 14.4 Å². The highest BCUT2D eigenvalue weighted by molar-refractivity contribution is 8.13. The van der Waals surface area contributed by atoms with Crippen LogP contribution in [0.1, 0.15) is 99.3 Å². The normalized spacial score (nSPS) is 13.9. The number of anilines is 1. The van der Waals surface area contributed by atoms with Crippen molar-refractivity contribution in [3.63, 3.8) is 0 Å². The molecule has 0 spiro atoms. The molecule has 4 nitrogen and oxygen atoms in total. The number of halogens is 2. The van der Waals surface area contributed by atoms with Gasteiger partial charge >= 0.3 is 0 Å². The first-order valence-electron chi connectivity index (χ1n) is 12.6. The predicted octanol–water partition coefficient (Wildman–Crippen LogP) is 7.92.